The van der Waals surface area contributed by atoms with Crippen molar-refractivity contribution in [2.75, 3.05) is 13.3 Å². The van der Waals surface area contributed by atoms with E-state index in [1.165, 1.54) is 11.6 Å². The first kappa shape index (κ1) is 13.9. The molecule has 3 nitrogen and oxygen atoms in total. The topological polar surface area (TPSA) is 30.5 Å². The molecular weight excluding hydrogens is 269 g/mol. The van der Waals surface area contributed by atoms with Crippen molar-refractivity contribution in [3.63, 3.8) is 0 Å². The van der Waals surface area contributed by atoms with Crippen LogP contribution in [0, 0.1) is 12.7 Å². The molecule has 0 saturated carbocycles. The number of rotatable bonds is 5. The number of benzene rings is 2. The van der Waals surface area contributed by atoms with Crippen molar-refractivity contribution in [1.29, 1.82) is 0 Å². The third-order valence-corrected chi connectivity index (χ3v) is 3.67. The maximum atomic E-state index is 13.0. The zero-order valence-electron chi connectivity index (χ0n) is 12.0. The fraction of sp³-hybridized carbons (Fsp3) is 0.294. The molecule has 0 saturated heterocycles. The molecule has 1 heterocycles. The lowest BCUT2D eigenvalue weighted by molar-refractivity contribution is 0.173. The van der Waals surface area contributed by atoms with E-state index in [-0.39, 0.29) is 5.82 Å². The number of halogens is 1. The van der Waals surface area contributed by atoms with Crippen molar-refractivity contribution in [2.45, 2.75) is 19.9 Å². The van der Waals surface area contributed by atoms with Crippen LogP contribution in [-0.2, 0) is 13.0 Å². The molecule has 1 aliphatic heterocycles. The van der Waals surface area contributed by atoms with Crippen LogP contribution in [0.3, 0.4) is 0 Å². The molecule has 1 aliphatic rings. The fourth-order valence-corrected chi connectivity index (χ4v) is 2.52. The van der Waals surface area contributed by atoms with Gasteiger partial charge in [0.15, 0.2) is 11.5 Å². The summed E-state index contributed by atoms with van der Waals surface area (Å²) in [6.45, 7) is 3.79. The number of hydrogen-bond acceptors (Lipinski definition) is 3. The van der Waals surface area contributed by atoms with Gasteiger partial charge in [0.25, 0.3) is 0 Å². The van der Waals surface area contributed by atoms with E-state index in [2.05, 4.69) is 5.32 Å². The summed E-state index contributed by atoms with van der Waals surface area (Å²) < 4.78 is 23.9. The van der Waals surface area contributed by atoms with Gasteiger partial charge in [-0.15, -0.1) is 0 Å². The molecule has 4 heteroatoms. The Morgan fingerprint density at radius 1 is 1.14 bits per heavy atom. The Labute approximate surface area is 123 Å². The second-order valence-corrected chi connectivity index (χ2v) is 5.15. The van der Waals surface area contributed by atoms with Crippen molar-refractivity contribution >= 4 is 0 Å². The average molecular weight is 287 g/mol. The summed E-state index contributed by atoms with van der Waals surface area (Å²) in [7, 11) is 0. The minimum atomic E-state index is -0.179. The van der Waals surface area contributed by atoms with Crippen LogP contribution in [0.4, 0.5) is 4.39 Å². The van der Waals surface area contributed by atoms with Gasteiger partial charge in [-0.2, -0.15) is 0 Å². The Morgan fingerprint density at radius 3 is 2.90 bits per heavy atom. The average Bonchev–Trinajstić information content (AvgIpc) is 2.94. The minimum Gasteiger partial charge on any atom is -0.454 e. The smallest absolute Gasteiger partial charge is 0.231 e. The van der Waals surface area contributed by atoms with Crippen molar-refractivity contribution in [3.05, 3.63) is 58.9 Å². The molecule has 2 aromatic carbocycles. The molecule has 0 bridgehead atoms. The molecule has 0 fully saturated rings. The predicted octanol–water partition coefficient (Wildman–Crippen LogP) is 3.20. The van der Waals surface area contributed by atoms with Crippen LogP contribution in [0.5, 0.6) is 11.5 Å². The van der Waals surface area contributed by atoms with Gasteiger partial charge in [-0.3, -0.25) is 0 Å². The number of nitrogens with one attached hydrogen (secondary N) is 1. The van der Waals surface area contributed by atoms with E-state index in [1.807, 2.05) is 31.2 Å². The lowest BCUT2D eigenvalue weighted by Crippen LogP contribution is -2.17. The fourth-order valence-electron chi connectivity index (χ4n) is 2.52. The zero-order valence-corrected chi connectivity index (χ0v) is 12.0. The molecule has 2 aromatic rings. The van der Waals surface area contributed by atoms with E-state index in [9.17, 15) is 4.39 Å². The van der Waals surface area contributed by atoms with Crippen LogP contribution in [0.15, 0.2) is 36.4 Å². The maximum absolute atomic E-state index is 13.0. The van der Waals surface area contributed by atoms with Crippen molar-refractivity contribution in [1.82, 2.24) is 5.32 Å². The first-order valence-corrected chi connectivity index (χ1v) is 7.07. The van der Waals surface area contributed by atoms with Crippen molar-refractivity contribution in [3.8, 4) is 11.5 Å². The maximum Gasteiger partial charge on any atom is 0.231 e. The van der Waals surface area contributed by atoms with Gasteiger partial charge in [-0.05, 0) is 49.2 Å². The summed E-state index contributed by atoms with van der Waals surface area (Å²) in [6, 6.07) is 10.8. The quantitative estimate of drug-likeness (QED) is 0.857. The number of ether oxygens (including phenoxy) is 2. The summed E-state index contributed by atoms with van der Waals surface area (Å²) in [5, 5.41) is 3.39. The molecule has 3 rings (SSSR count). The second-order valence-electron chi connectivity index (χ2n) is 5.15. The first-order valence-electron chi connectivity index (χ1n) is 7.07. The van der Waals surface area contributed by atoms with Crippen LogP contribution in [-0.4, -0.2) is 13.3 Å². The summed E-state index contributed by atoms with van der Waals surface area (Å²) in [4.78, 5) is 0. The number of hydrogen-bond donors (Lipinski definition) is 1. The molecule has 0 radical (unpaired) electrons. The van der Waals surface area contributed by atoms with Crippen LogP contribution in [0.2, 0.25) is 0 Å². The predicted molar refractivity (Wildman–Crippen MR) is 79.1 cm³/mol. The van der Waals surface area contributed by atoms with Crippen molar-refractivity contribution in [2.24, 2.45) is 0 Å². The summed E-state index contributed by atoms with van der Waals surface area (Å²) >= 11 is 0. The summed E-state index contributed by atoms with van der Waals surface area (Å²) in [5.41, 5.74) is 3.26. The largest absolute Gasteiger partial charge is 0.454 e. The van der Waals surface area contributed by atoms with Gasteiger partial charge in [0.1, 0.15) is 5.82 Å². The summed E-state index contributed by atoms with van der Waals surface area (Å²) in [5.74, 6) is 1.47. The van der Waals surface area contributed by atoms with Gasteiger partial charge >= 0.3 is 0 Å². The Bertz CT molecular complexity index is 643. The highest BCUT2D eigenvalue weighted by Crippen LogP contribution is 2.35. The third-order valence-electron chi connectivity index (χ3n) is 3.67. The standard InChI is InChI=1S/C17H18FNO2/c1-12-9-15(18)6-5-13(12)7-8-19-10-14-3-2-4-16-17(14)21-11-20-16/h2-6,9,19H,7-8,10-11H2,1H3. The lowest BCUT2D eigenvalue weighted by Gasteiger charge is -2.09. The molecule has 0 unspecified atom stereocenters. The normalized spacial score (nSPS) is 12.7. The monoisotopic (exact) mass is 287 g/mol. The van der Waals surface area contributed by atoms with Crippen LogP contribution in [0.1, 0.15) is 16.7 Å². The van der Waals surface area contributed by atoms with Crippen LogP contribution >= 0.6 is 0 Å². The zero-order chi connectivity index (χ0) is 14.7. The van der Waals surface area contributed by atoms with E-state index in [0.29, 0.717) is 6.79 Å². The van der Waals surface area contributed by atoms with E-state index in [1.54, 1.807) is 6.07 Å². The SMILES string of the molecule is Cc1cc(F)ccc1CCNCc1cccc2c1OCO2. The first-order chi connectivity index (χ1) is 10.2. The van der Waals surface area contributed by atoms with Gasteiger partial charge in [-0.1, -0.05) is 18.2 Å². The van der Waals surface area contributed by atoms with Gasteiger partial charge in [0, 0.05) is 12.1 Å². The Morgan fingerprint density at radius 2 is 2.05 bits per heavy atom. The minimum absolute atomic E-state index is 0.179. The van der Waals surface area contributed by atoms with E-state index >= 15 is 0 Å². The van der Waals surface area contributed by atoms with Gasteiger partial charge in [0.05, 0.1) is 0 Å². The summed E-state index contributed by atoms with van der Waals surface area (Å²) in [6.07, 6.45) is 0.874. The molecule has 110 valence electrons. The van der Waals surface area contributed by atoms with E-state index in [4.69, 9.17) is 9.47 Å². The molecule has 21 heavy (non-hydrogen) atoms. The molecular formula is C17H18FNO2. The molecule has 0 spiro atoms. The Kier molecular flexibility index (Phi) is 4.06. The van der Waals surface area contributed by atoms with Crippen molar-refractivity contribution < 1.29 is 13.9 Å². The molecule has 0 aliphatic carbocycles. The number of aryl methyl sites for hydroxylation is 1. The Balaban J connectivity index is 1.54. The molecule has 0 amide bonds. The molecule has 0 atom stereocenters. The Hall–Kier alpha value is -2.07. The third kappa shape index (κ3) is 3.16. The van der Waals surface area contributed by atoms with E-state index < -0.39 is 0 Å². The molecule has 1 N–H and O–H groups in total. The van der Waals surface area contributed by atoms with Crippen LogP contribution < -0.4 is 14.8 Å². The highest BCUT2D eigenvalue weighted by Gasteiger charge is 2.16. The second kappa shape index (κ2) is 6.14. The van der Waals surface area contributed by atoms with E-state index in [0.717, 1.165) is 42.1 Å². The van der Waals surface area contributed by atoms with Gasteiger partial charge < -0.3 is 14.8 Å². The highest BCUT2D eigenvalue weighted by molar-refractivity contribution is 5.48. The van der Waals surface area contributed by atoms with Gasteiger partial charge in [0.2, 0.25) is 6.79 Å². The number of para-hydroxylation sites is 1. The van der Waals surface area contributed by atoms with Crippen LogP contribution in [0.25, 0.3) is 0 Å². The lowest BCUT2D eigenvalue weighted by atomic mass is 10.1. The number of fused-ring (bicyclic) bond motifs is 1. The van der Waals surface area contributed by atoms with Gasteiger partial charge in [-0.25, -0.2) is 4.39 Å². The highest BCUT2D eigenvalue weighted by atomic mass is 19.1. The molecule has 0 aromatic heterocycles.